The van der Waals surface area contributed by atoms with Crippen LogP contribution in [0.2, 0.25) is 0 Å². The zero-order chi connectivity index (χ0) is 10.7. The van der Waals surface area contributed by atoms with Crippen LogP contribution in [0.4, 0.5) is 0 Å². The van der Waals surface area contributed by atoms with Crippen molar-refractivity contribution in [1.29, 1.82) is 0 Å². The largest absolute Gasteiger partial charge is 0.463 e. The van der Waals surface area contributed by atoms with Crippen LogP contribution in [0.5, 0.6) is 0 Å². The third-order valence-corrected chi connectivity index (χ3v) is 2.03. The Hall–Kier alpha value is -1.45. The number of aliphatic imine (C=N–C) groups is 1. The number of rotatable bonds is 2. The summed E-state index contributed by atoms with van der Waals surface area (Å²) in [6.07, 6.45) is 0.111. The lowest BCUT2D eigenvalue weighted by Gasteiger charge is -2.12. The number of carbonyl (C=O) groups is 2. The average molecular weight is 195 g/mol. The minimum Gasteiger partial charge on any atom is -0.463 e. The van der Waals surface area contributed by atoms with Crippen molar-refractivity contribution < 1.29 is 14.3 Å². The average Bonchev–Trinajstić information content (AvgIpc) is 2.11. The topological polar surface area (TPSA) is 55.7 Å². The van der Waals surface area contributed by atoms with E-state index in [0.29, 0.717) is 23.6 Å². The van der Waals surface area contributed by atoms with Gasteiger partial charge in [0.05, 0.1) is 17.9 Å². The molecule has 1 aliphatic heterocycles. The summed E-state index contributed by atoms with van der Waals surface area (Å²) in [5.41, 5.74) is 1.42. The van der Waals surface area contributed by atoms with E-state index >= 15 is 0 Å². The lowest BCUT2D eigenvalue weighted by Crippen LogP contribution is -2.21. The highest BCUT2D eigenvalue weighted by atomic mass is 16.5. The zero-order valence-corrected chi connectivity index (χ0v) is 8.59. The first-order valence-corrected chi connectivity index (χ1v) is 4.51. The van der Waals surface area contributed by atoms with Gasteiger partial charge in [0.1, 0.15) is 0 Å². The molecule has 0 radical (unpaired) electrons. The molecule has 0 amide bonds. The maximum atomic E-state index is 11.4. The second-order valence-electron chi connectivity index (χ2n) is 3.08. The lowest BCUT2D eigenvalue weighted by molar-refractivity contribution is -0.139. The SMILES string of the molecule is CCOC(=O)C1=C(C)N=C(C)C(=O)C1. The lowest BCUT2D eigenvalue weighted by atomic mass is 10.0. The van der Waals surface area contributed by atoms with E-state index in [0.717, 1.165) is 0 Å². The quantitative estimate of drug-likeness (QED) is 0.623. The number of nitrogens with zero attached hydrogens (tertiary/aromatic N) is 1. The minimum atomic E-state index is -0.436. The van der Waals surface area contributed by atoms with Crippen molar-refractivity contribution >= 4 is 17.5 Å². The molecule has 4 heteroatoms. The number of ether oxygens (including phenoxy) is 1. The Morgan fingerprint density at radius 2 is 2.14 bits per heavy atom. The van der Waals surface area contributed by atoms with Crippen molar-refractivity contribution in [3.05, 3.63) is 11.3 Å². The summed E-state index contributed by atoms with van der Waals surface area (Å²) >= 11 is 0. The van der Waals surface area contributed by atoms with Crippen molar-refractivity contribution in [1.82, 2.24) is 0 Å². The predicted molar refractivity (Wildman–Crippen MR) is 52.1 cm³/mol. The summed E-state index contributed by atoms with van der Waals surface area (Å²) in [5.74, 6) is -0.548. The van der Waals surface area contributed by atoms with Gasteiger partial charge in [0.15, 0.2) is 5.78 Å². The maximum Gasteiger partial charge on any atom is 0.336 e. The van der Waals surface area contributed by atoms with Gasteiger partial charge < -0.3 is 4.74 Å². The molecule has 4 nitrogen and oxygen atoms in total. The van der Waals surface area contributed by atoms with E-state index in [9.17, 15) is 9.59 Å². The maximum absolute atomic E-state index is 11.4. The highest BCUT2D eigenvalue weighted by molar-refractivity contribution is 6.41. The summed E-state index contributed by atoms with van der Waals surface area (Å²) in [7, 11) is 0. The van der Waals surface area contributed by atoms with Gasteiger partial charge in [-0.3, -0.25) is 9.79 Å². The summed E-state index contributed by atoms with van der Waals surface area (Å²) in [6.45, 7) is 5.40. The molecule has 0 bridgehead atoms. The molecule has 14 heavy (non-hydrogen) atoms. The Balaban J connectivity index is 2.93. The third kappa shape index (κ3) is 2.07. The smallest absolute Gasteiger partial charge is 0.336 e. The van der Waals surface area contributed by atoms with Crippen molar-refractivity contribution in [3.8, 4) is 0 Å². The molecule has 1 heterocycles. The van der Waals surface area contributed by atoms with Crippen LogP contribution in [0.3, 0.4) is 0 Å². The molecule has 0 aromatic heterocycles. The molecule has 0 spiro atoms. The van der Waals surface area contributed by atoms with Gasteiger partial charge in [0, 0.05) is 12.1 Å². The highest BCUT2D eigenvalue weighted by Crippen LogP contribution is 2.18. The molecule has 0 saturated heterocycles. The van der Waals surface area contributed by atoms with Crippen LogP contribution >= 0.6 is 0 Å². The Morgan fingerprint density at radius 3 is 2.71 bits per heavy atom. The number of hydrogen-bond acceptors (Lipinski definition) is 4. The van der Waals surface area contributed by atoms with Gasteiger partial charge in [0.25, 0.3) is 0 Å². The van der Waals surface area contributed by atoms with Crippen LogP contribution in [0, 0.1) is 0 Å². The summed E-state index contributed by atoms with van der Waals surface area (Å²) < 4.78 is 4.82. The fourth-order valence-corrected chi connectivity index (χ4v) is 1.24. The first-order chi connectivity index (χ1) is 6.56. The Bertz CT molecular complexity index is 339. The monoisotopic (exact) mass is 195 g/mol. The molecule has 0 aromatic carbocycles. The fraction of sp³-hybridized carbons (Fsp3) is 0.500. The Kier molecular flexibility index (Phi) is 3.17. The molecule has 0 N–H and O–H groups in total. The van der Waals surface area contributed by atoms with Crippen molar-refractivity contribution in [2.24, 2.45) is 4.99 Å². The van der Waals surface area contributed by atoms with E-state index in [1.165, 1.54) is 0 Å². The number of ketones is 1. The molecule has 76 valence electrons. The normalized spacial score (nSPS) is 16.8. The minimum absolute atomic E-state index is 0.111. The van der Waals surface area contributed by atoms with Gasteiger partial charge in [0.2, 0.25) is 0 Å². The second kappa shape index (κ2) is 4.17. The molecule has 0 aliphatic carbocycles. The Labute approximate surface area is 82.7 Å². The zero-order valence-electron chi connectivity index (χ0n) is 8.59. The van der Waals surface area contributed by atoms with Crippen molar-refractivity contribution in [3.63, 3.8) is 0 Å². The van der Waals surface area contributed by atoms with Crippen LogP contribution < -0.4 is 0 Å². The number of carbonyl (C=O) groups excluding carboxylic acids is 2. The number of allylic oxidation sites excluding steroid dienone is 1. The Morgan fingerprint density at radius 1 is 1.50 bits per heavy atom. The van der Waals surface area contributed by atoms with E-state index < -0.39 is 5.97 Å². The molecular formula is C10H13NO3. The van der Waals surface area contributed by atoms with E-state index in [1.54, 1.807) is 20.8 Å². The van der Waals surface area contributed by atoms with Crippen LogP contribution in [0.25, 0.3) is 0 Å². The standard InChI is InChI=1S/C10H13NO3/c1-4-14-10(13)8-5-9(12)7(3)11-6(8)2/h4-5H2,1-3H3. The second-order valence-corrected chi connectivity index (χ2v) is 3.08. The van der Waals surface area contributed by atoms with Gasteiger partial charge in [-0.15, -0.1) is 0 Å². The first-order valence-electron chi connectivity index (χ1n) is 4.51. The molecule has 0 fully saturated rings. The highest BCUT2D eigenvalue weighted by Gasteiger charge is 2.23. The summed E-state index contributed by atoms with van der Waals surface area (Å²) in [6, 6.07) is 0. The predicted octanol–water partition coefficient (Wildman–Crippen LogP) is 1.26. The van der Waals surface area contributed by atoms with Crippen molar-refractivity contribution in [2.45, 2.75) is 27.2 Å². The van der Waals surface area contributed by atoms with E-state index in [4.69, 9.17) is 4.74 Å². The molecule has 1 aliphatic rings. The molecule has 0 saturated carbocycles. The molecule has 0 aromatic rings. The molecule has 0 unspecified atom stereocenters. The van der Waals surface area contributed by atoms with Gasteiger partial charge in [-0.05, 0) is 20.8 Å². The molecule has 1 rings (SSSR count). The van der Waals surface area contributed by atoms with Crippen LogP contribution in [0.15, 0.2) is 16.3 Å². The van der Waals surface area contributed by atoms with Gasteiger partial charge in [-0.1, -0.05) is 0 Å². The van der Waals surface area contributed by atoms with Gasteiger partial charge in [-0.25, -0.2) is 4.79 Å². The van der Waals surface area contributed by atoms with E-state index in [1.807, 2.05) is 0 Å². The molecular weight excluding hydrogens is 182 g/mol. The first kappa shape index (κ1) is 10.6. The van der Waals surface area contributed by atoms with Crippen LogP contribution in [0.1, 0.15) is 27.2 Å². The van der Waals surface area contributed by atoms with Crippen molar-refractivity contribution in [2.75, 3.05) is 6.61 Å². The number of esters is 1. The summed E-state index contributed by atoms with van der Waals surface area (Å²) in [5, 5.41) is 0. The third-order valence-electron chi connectivity index (χ3n) is 2.03. The van der Waals surface area contributed by atoms with Gasteiger partial charge in [-0.2, -0.15) is 0 Å². The van der Waals surface area contributed by atoms with Crippen LogP contribution in [-0.2, 0) is 14.3 Å². The van der Waals surface area contributed by atoms with E-state index in [2.05, 4.69) is 4.99 Å². The number of Topliss-reactive ketones (excluding diaryl/α,β-unsaturated/α-hetero) is 1. The molecule has 0 atom stereocenters. The van der Waals surface area contributed by atoms with Crippen LogP contribution in [-0.4, -0.2) is 24.1 Å². The van der Waals surface area contributed by atoms with E-state index in [-0.39, 0.29) is 12.2 Å². The number of hydrogen-bond donors (Lipinski definition) is 0. The summed E-state index contributed by atoms with van der Waals surface area (Å²) in [4.78, 5) is 26.6. The van der Waals surface area contributed by atoms with Gasteiger partial charge >= 0.3 is 5.97 Å². The fourth-order valence-electron chi connectivity index (χ4n) is 1.24.